The van der Waals surface area contributed by atoms with Crippen LogP contribution in [0.3, 0.4) is 0 Å². The fraction of sp³-hybridized carbons (Fsp3) is 0. The lowest BCUT2D eigenvalue weighted by Crippen LogP contribution is -2.00. The largest absolute Gasteiger partial charge is 0.310 e. The van der Waals surface area contributed by atoms with Crippen molar-refractivity contribution in [2.75, 3.05) is 0 Å². The quantitative estimate of drug-likeness (QED) is 0.163. The van der Waals surface area contributed by atoms with Crippen LogP contribution in [0.2, 0.25) is 0 Å². The Kier molecular flexibility index (Phi) is 6.61. The molecule has 5 nitrogen and oxygen atoms in total. The molecule has 5 heteroatoms. The molecule has 0 atom stereocenters. The minimum Gasteiger partial charge on any atom is -0.310 e. The summed E-state index contributed by atoms with van der Waals surface area (Å²) in [5.74, 6) is 0. The van der Waals surface area contributed by atoms with Crippen molar-refractivity contribution in [1.82, 2.24) is 13.7 Å². The minimum atomic E-state index is 0.563. The van der Waals surface area contributed by atoms with E-state index >= 15 is 0 Å². The van der Waals surface area contributed by atoms with Gasteiger partial charge in [-0.1, -0.05) is 115 Å². The maximum absolute atomic E-state index is 8.39. The summed E-state index contributed by atoms with van der Waals surface area (Å²) in [5, 5.41) is 6.97. The van der Waals surface area contributed by atoms with E-state index in [-0.39, 0.29) is 0 Å². The van der Waals surface area contributed by atoms with E-state index in [0.717, 1.165) is 72.1 Å². The highest BCUT2D eigenvalue weighted by Crippen LogP contribution is 2.42. The van der Waals surface area contributed by atoms with Gasteiger partial charge in [-0.25, -0.2) is 9.69 Å². The summed E-state index contributed by atoms with van der Waals surface area (Å²) in [7, 11) is 0. The standard InChI is InChI=1S/C50H29N5/c1-51-33-24-28-41-42-16-11-21-48(55-46-19-9-5-14-39(46)40-15-6-10-20-47(40)55)50(42)54(49(41)30-33)35-27-29-36(43(31-35)52-2)32-22-25-34(26-23-32)53-44-17-7-3-12-37(44)38-13-4-8-18-45(38)53/h3-31H. The molecule has 0 unspecified atom stereocenters. The molecule has 3 aromatic heterocycles. The predicted octanol–water partition coefficient (Wildman–Crippen LogP) is 13.7. The van der Waals surface area contributed by atoms with E-state index in [4.69, 9.17) is 13.1 Å². The van der Waals surface area contributed by atoms with Gasteiger partial charge >= 0.3 is 0 Å². The Balaban J connectivity index is 1.11. The van der Waals surface area contributed by atoms with Gasteiger partial charge in [0.1, 0.15) is 0 Å². The first kappa shape index (κ1) is 30.7. The molecule has 11 aromatic rings. The SMILES string of the molecule is [C-]#[N+]c1ccc2c3cccc(-n4c5ccccc5c5ccccc54)c3n(-c3ccc(-c4ccc(-n5c6ccccc6c6ccccc65)cc4)c([N+]#[C-])c3)c2c1. The second-order valence-electron chi connectivity index (χ2n) is 13.9. The first-order valence-corrected chi connectivity index (χ1v) is 18.3. The molecule has 0 fully saturated rings. The van der Waals surface area contributed by atoms with Crippen LogP contribution in [0.25, 0.3) is 103 Å². The van der Waals surface area contributed by atoms with Crippen LogP contribution >= 0.6 is 0 Å². The van der Waals surface area contributed by atoms with E-state index in [2.05, 4.69) is 181 Å². The first-order chi connectivity index (χ1) is 27.2. The van der Waals surface area contributed by atoms with Crippen LogP contribution in [0, 0.1) is 13.1 Å². The van der Waals surface area contributed by atoms with Crippen molar-refractivity contribution in [3.05, 3.63) is 199 Å². The van der Waals surface area contributed by atoms with Crippen LogP contribution in [-0.4, -0.2) is 13.7 Å². The lowest BCUT2D eigenvalue weighted by molar-refractivity contribution is 1.13. The molecular formula is C50H29N5. The molecule has 0 aliphatic carbocycles. The molecule has 8 aromatic carbocycles. The third-order valence-corrected chi connectivity index (χ3v) is 11.1. The summed E-state index contributed by atoms with van der Waals surface area (Å²) in [6.45, 7) is 16.2. The first-order valence-electron chi connectivity index (χ1n) is 18.3. The van der Waals surface area contributed by atoms with Crippen LogP contribution in [0.5, 0.6) is 0 Å². The molecule has 0 bridgehead atoms. The highest BCUT2D eigenvalue weighted by atomic mass is 15.1. The third kappa shape index (κ3) is 4.45. The van der Waals surface area contributed by atoms with Crippen LogP contribution < -0.4 is 0 Å². The number of fused-ring (bicyclic) bond motifs is 9. The van der Waals surface area contributed by atoms with Gasteiger partial charge in [0.2, 0.25) is 0 Å². The molecule has 0 saturated heterocycles. The number of nitrogens with zero attached hydrogens (tertiary/aromatic N) is 5. The van der Waals surface area contributed by atoms with Gasteiger partial charge in [0, 0.05) is 49.2 Å². The molecule has 0 radical (unpaired) electrons. The Bertz CT molecular complexity index is 3350. The maximum Gasteiger partial charge on any atom is 0.196 e. The Morgan fingerprint density at radius 1 is 0.364 bits per heavy atom. The molecule has 0 saturated carbocycles. The molecule has 0 spiro atoms. The van der Waals surface area contributed by atoms with Crippen molar-refractivity contribution in [3.8, 4) is 28.2 Å². The molecule has 254 valence electrons. The van der Waals surface area contributed by atoms with Crippen molar-refractivity contribution in [1.29, 1.82) is 0 Å². The molecule has 11 rings (SSSR count). The molecule has 0 aliphatic heterocycles. The lowest BCUT2D eigenvalue weighted by Gasteiger charge is -2.16. The van der Waals surface area contributed by atoms with Crippen molar-refractivity contribution in [2.24, 2.45) is 0 Å². The van der Waals surface area contributed by atoms with Gasteiger partial charge in [0.15, 0.2) is 11.4 Å². The Morgan fingerprint density at radius 3 is 1.47 bits per heavy atom. The van der Waals surface area contributed by atoms with Crippen molar-refractivity contribution < 1.29 is 0 Å². The molecule has 55 heavy (non-hydrogen) atoms. The Hall–Kier alpha value is -7.86. The van der Waals surface area contributed by atoms with Crippen LogP contribution in [0.4, 0.5) is 11.4 Å². The van der Waals surface area contributed by atoms with Gasteiger partial charge in [-0.3, -0.25) is 0 Å². The van der Waals surface area contributed by atoms with Gasteiger partial charge in [-0.2, -0.15) is 0 Å². The number of para-hydroxylation sites is 5. The van der Waals surface area contributed by atoms with E-state index in [1.54, 1.807) is 0 Å². The van der Waals surface area contributed by atoms with E-state index in [1.165, 1.54) is 21.5 Å². The zero-order valence-electron chi connectivity index (χ0n) is 29.5. The second kappa shape index (κ2) is 11.8. The average molecular weight is 700 g/mol. The smallest absolute Gasteiger partial charge is 0.196 e. The Morgan fingerprint density at radius 2 is 0.891 bits per heavy atom. The zero-order valence-corrected chi connectivity index (χ0v) is 29.5. The van der Waals surface area contributed by atoms with E-state index in [9.17, 15) is 0 Å². The molecule has 0 aliphatic rings. The summed E-state index contributed by atoms with van der Waals surface area (Å²) < 4.78 is 6.89. The highest BCUT2D eigenvalue weighted by Gasteiger charge is 2.21. The fourth-order valence-electron chi connectivity index (χ4n) is 8.72. The molecule has 0 amide bonds. The van der Waals surface area contributed by atoms with Crippen LogP contribution in [0.1, 0.15) is 0 Å². The maximum atomic E-state index is 8.39. The zero-order chi connectivity index (χ0) is 36.6. The van der Waals surface area contributed by atoms with E-state index in [1.807, 2.05) is 18.2 Å². The van der Waals surface area contributed by atoms with Crippen molar-refractivity contribution >= 4 is 76.8 Å². The topological polar surface area (TPSA) is 23.5 Å². The number of aromatic nitrogens is 3. The summed E-state index contributed by atoms with van der Waals surface area (Å²) >= 11 is 0. The fourth-order valence-corrected chi connectivity index (χ4v) is 8.72. The lowest BCUT2D eigenvalue weighted by atomic mass is 10.0. The van der Waals surface area contributed by atoms with Gasteiger partial charge in [-0.15, -0.1) is 0 Å². The van der Waals surface area contributed by atoms with Gasteiger partial charge in [0.25, 0.3) is 0 Å². The summed E-state index contributed by atoms with van der Waals surface area (Å²) in [5.41, 5.74) is 12.5. The summed E-state index contributed by atoms with van der Waals surface area (Å²) in [6, 6.07) is 61.2. The molecule has 0 N–H and O–H groups in total. The Labute approximate surface area is 316 Å². The molecular weight excluding hydrogens is 671 g/mol. The van der Waals surface area contributed by atoms with E-state index < -0.39 is 0 Å². The second-order valence-corrected chi connectivity index (χ2v) is 13.9. The summed E-state index contributed by atoms with van der Waals surface area (Å²) in [6.07, 6.45) is 0. The van der Waals surface area contributed by atoms with Gasteiger partial charge in [-0.05, 0) is 71.8 Å². The number of hydrogen-bond donors (Lipinski definition) is 0. The van der Waals surface area contributed by atoms with E-state index in [0.29, 0.717) is 11.4 Å². The predicted molar refractivity (Wildman–Crippen MR) is 227 cm³/mol. The summed E-state index contributed by atoms with van der Waals surface area (Å²) in [4.78, 5) is 7.90. The average Bonchev–Trinajstić information content (AvgIpc) is 3.89. The van der Waals surface area contributed by atoms with Crippen LogP contribution in [-0.2, 0) is 0 Å². The monoisotopic (exact) mass is 699 g/mol. The molecule has 3 heterocycles. The normalized spacial score (nSPS) is 11.6. The number of rotatable bonds is 4. The van der Waals surface area contributed by atoms with Crippen molar-refractivity contribution in [2.45, 2.75) is 0 Å². The van der Waals surface area contributed by atoms with Gasteiger partial charge in [0.05, 0.1) is 46.4 Å². The number of hydrogen-bond acceptors (Lipinski definition) is 0. The van der Waals surface area contributed by atoms with Gasteiger partial charge < -0.3 is 13.7 Å². The van der Waals surface area contributed by atoms with Crippen molar-refractivity contribution in [3.63, 3.8) is 0 Å². The van der Waals surface area contributed by atoms with Crippen LogP contribution in [0.15, 0.2) is 176 Å². The number of benzene rings is 8. The third-order valence-electron chi connectivity index (χ3n) is 11.1. The minimum absolute atomic E-state index is 0.563. The highest BCUT2D eigenvalue weighted by molar-refractivity contribution is 6.15.